The van der Waals surface area contributed by atoms with Crippen molar-refractivity contribution in [1.82, 2.24) is 15.6 Å². The summed E-state index contributed by atoms with van der Waals surface area (Å²) in [5.41, 5.74) is 3.07. The minimum Gasteiger partial charge on any atom is -0.357 e. The minimum absolute atomic E-state index is 0.200. The van der Waals surface area contributed by atoms with Gasteiger partial charge in [0.2, 0.25) is 0 Å². The Labute approximate surface area is 136 Å². The number of hydrogen-bond donors (Lipinski definition) is 2. The zero-order chi connectivity index (χ0) is 16.5. The molecule has 0 bridgehead atoms. The van der Waals surface area contributed by atoms with Gasteiger partial charge in [-0.1, -0.05) is 18.2 Å². The van der Waals surface area contributed by atoms with Gasteiger partial charge in [-0.25, -0.2) is 9.38 Å². The molecule has 0 unspecified atom stereocenters. The van der Waals surface area contributed by atoms with Crippen molar-refractivity contribution in [3.8, 4) is 0 Å². The number of halogens is 1. The molecular weight excluding hydrogens is 291 g/mol. The monoisotopic (exact) mass is 314 g/mol. The fourth-order valence-electron chi connectivity index (χ4n) is 2.20. The van der Waals surface area contributed by atoms with E-state index in [9.17, 15) is 4.39 Å². The minimum atomic E-state index is -0.200. The average molecular weight is 314 g/mol. The highest BCUT2D eigenvalue weighted by molar-refractivity contribution is 5.79. The molecule has 2 N–H and O–H groups in total. The summed E-state index contributed by atoms with van der Waals surface area (Å²) < 4.78 is 13.2. The number of nitrogens with zero attached hydrogens (tertiary/aromatic N) is 2. The number of guanidine groups is 1. The third kappa shape index (κ3) is 5.70. The van der Waals surface area contributed by atoms with E-state index in [4.69, 9.17) is 0 Å². The maximum absolute atomic E-state index is 13.2. The van der Waals surface area contributed by atoms with Crippen molar-refractivity contribution >= 4 is 5.96 Å². The Balaban J connectivity index is 1.90. The summed E-state index contributed by atoms with van der Waals surface area (Å²) in [6.07, 6.45) is 2.52. The molecule has 0 radical (unpaired) electrons. The molecule has 1 heterocycles. The number of hydrogen-bond acceptors (Lipinski definition) is 2. The molecular formula is C18H23FN4. The number of aromatic nitrogens is 1. The largest absolute Gasteiger partial charge is 0.357 e. The predicted molar refractivity (Wildman–Crippen MR) is 91.9 cm³/mol. The zero-order valence-corrected chi connectivity index (χ0v) is 13.6. The van der Waals surface area contributed by atoms with Gasteiger partial charge in [-0.3, -0.25) is 4.98 Å². The smallest absolute Gasteiger partial charge is 0.191 e. The summed E-state index contributed by atoms with van der Waals surface area (Å²) in [5.74, 6) is 0.544. The van der Waals surface area contributed by atoms with Gasteiger partial charge in [-0.05, 0) is 49.6 Å². The molecule has 0 aliphatic heterocycles. The van der Waals surface area contributed by atoms with Crippen molar-refractivity contribution in [3.63, 3.8) is 0 Å². The molecule has 0 spiro atoms. The molecule has 0 amide bonds. The van der Waals surface area contributed by atoms with Gasteiger partial charge in [0.15, 0.2) is 5.96 Å². The van der Waals surface area contributed by atoms with Crippen LogP contribution in [0.2, 0.25) is 0 Å². The molecule has 2 aromatic rings. The van der Waals surface area contributed by atoms with Crippen LogP contribution in [-0.2, 0) is 13.0 Å². The molecule has 5 heteroatoms. The highest BCUT2D eigenvalue weighted by Gasteiger charge is 2.01. The molecule has 1 aromatic heterocycles. The van der Waals surface area contributed by atoms with Crippen molar-refractivity contribution in [1.29, 1.82) is 0 Å². The summed E-state index contributed by atoms with van der Waals surface area (Å²) in [6, 6.07) is 10.6. The molecule has 0 atom stereocenters. The molecule has 0 saturated heterocycles. The fraction of sp³-hybridized carbons (Fsp3) is 0.333. The van der Waals surface area contributed by atoms with Crippen molar-refractivity contribution in [2.24, 2.45) is 4.99 Å². The highest BCUT2D eigenvalue weighted by atomic mass is 19.1. The van der Waals surface area contributed by atoms with Gasteiger partial charge in [0, 0.05) is 19.3 Å². The fourth-order valence-corrected chi connectivity index (χ4v) is 2.20. The van der Waals surface area contributed by atoms with Crippen molar-refractivity contribution < 1.29 is 4.39 Å². The SMILES string of the molecule is CCNC(=NCc1ncccc1C)NCCc1cccc(F)c1. The number of aliphatic imine (C=N–C) groups is 1. The van der Waals surface area contributed by atoms with Crippen LogP contribution in [0.15, 0.2) is 47.6 Å². The van der Waals surface area contributed by atoms with E-state index >= 15 is 0 Å². The quantitative estimate of drug-likeness (QED) is 0.637. The summed E-state index contributed by atoms with van der Waals surface area (Å²) >= 11 is 0. The van der Waals surface area contributed by atoms with Crippen LogP contribution in [0.3, 0.4) is 0 Å². The van der Waals surface area contributed by atoms with Gasteiger partial charge in [-0.2, -0.15) is 0 Å². The number of pyridine rings is 1. The van der Waals surface area contributed by atoms with E-state index in [1.807, 2.05) is 32.0 Å². The third-order valence-corrected chi connectivity index (χ3v) is 3.44. The Hall–Kier alpha value is -2.43. The molecule has 0 fully saturated rings. The maximum Gasteiger partial charge on any atom is 0.191 e. The van der Waals surface area contributed by atoms with Gasteiger partial charge in [-0.15, -0.1) is 0 Å². The van der Waals surface area contributed by atoms with Gasteiger partial charge in [0.1, 0.15) is 5.82 Å². The lowest BCUT2D eigenvalue weighted by Gasteiger charge is -2.11. The van der Waals surface area contributed by atoms with Gasteiger partial charge >= 0.3 is 0 Å². The van der Waals surface area contributed by atoms with Crippen molar-refractivity contribution in [2.45, 2.75) is 26.8 Å². The van der Waals surface area contributed by atoms with Crippen LogP contribution in [0.1, 0.15) is 23.7 Å². The number of nitrogens with one attached hydrogen (secondary N) is 2. The highest BCUT2D eigenvalue weighted by Crippen LogP contribution is 2.05. The Morgan fingerprint density at radius 1 is 1.22 bits per heavy atom. The summed E-state index contributed by atoms with van der Waals surface area (Å²) in [7, 11) is 0. The standard InChI is InChI=1S/C18H23FN4/c1-3-20-18(23-13-17-14(2)6-5-10-21-17)22-11-9-15-7-4-8-16(19)12-15/h4-8,10,12H,3,9,11,13H2,1-2H3,(H2,20,22,23). The molecule has 2 rings (SSSR count). The molecule has 4 nitrogen and oxygen atoms in total. The zero-order valence-electron chi connectivity index (χ0n) is 13.6. The van der Waals surface area contributed by atoms with Crippen molar-refractivity contribution in [2.75, 3.05) is 13.1 Å². The molecule has 1 aromatic carbocycles. The van der Waals surface area contributed by atoms with E-state index in [-0.39, 0.29) is 5.82 Å². The summed E-state index contributed by atoms with van der Waals surface area (Å²) in [4.78, 5) is 8.89. The van der Waals surface area contributed by atoms with Crippen molar-refractivity contribution in [3.05, 3.63) is 65.2 Å². The first-order valence-corrected chi connectivity index (χ1v) is 7.86. The second kappa shape index (κ2) is 8.88. The lowest BCUT2D eigenvalue weighted by Crippen LogP contribution is -2.38. The van der Waals surface area contributed by atoms with Gasteiger partial charge < -0.3 is 10.6 Å². The molecule has 0 aliphatic rings. The van der Waals surface area contributed by atoms with Crippen LogP contribution in [0.25, 0.3) is 0 Å². The molecule has 122 valence electrons. The number of benzene rings is 1. The van der Waals surface area contributed by atoms with E-state index in [0.29, 0.717) is 13.1 Å². The van der Waals surface area contributed by atoms with Crippen LogP contribution in [0.4, 0.5) is 4.39 Å². The van der Waals surface area contributed by atoms with E-state index in [0.717, 1.165) is 35.7 Å². The molecule has 0 aliphatic carbocycles. The van der Waals surface area contributed by atoms with Crippen LogP contribution < -0.4 is 10.6 Å². The Morgan fingerprint density at radius 2 is 2.09 bits per heavy atom. The van der Waals surface area contributed by atoms with E-state index < -0.39 is 0 Å². The first-order valence-electron chi connectivity index (χ1n) is 7.86. The third-order valence-electron chi connectivity index (χ3n) is 3.44. The normalized spacial score (nSPS) is 11.3. The summed E-state index contributed by atoms with van der Waals surface area (Å²) in [6.45, 7) is 6.06. The Bertz CT molecular complexity index is 655. The van der Waals surface area contributed by atoms with Crippen LogP contribution >= 0.6 is 0 Å². The molecule has 23 heavy (non-hydrogen) atoms. The van der Waals surface area contributed by atoms with Crippen LogP contribution in [-0.4, -0.2) is 24.0 Å². The predicted octanol–water partition coefficient (Wildman–Crippen LogP) is 2.83. The Kier molecular flexibility index (Phi) is 6.54. The first-order chi connectivity index (χ1) is 11.2. The van der Waals surface area contributed by atoms with Crippen LogP contribution in [0.5, 0.6) is 0 Å². The Morgan fingerprint density at radius 3 is 2.83 bits per heavy atom. The summed E-state index contributed by atoms with van der Waals surface area (Å²) in [5, 5.41) is 6.47. The lowest BCUT2D eigenvalue weighted by atomic mass is 10.1. The second-order valence-electron chi connectivity index (χ2n) is 5.27. The number of aryl methyl sites for hydroxylation is 1. The van der Waals surface area contributed by atoms with E-state index in [1.54, 1.807) is 18.3 Å². The number of rotatable bonds is 6. The topological polar surface area (TPSA) is 49.3 Å². The second-order valence-corrected chi connectivity index (χ2v) is 5.27. The van der Waals surface area contributed by atoms with E-state index in [1.165, 1.54) is 6.07 Å². The van der Waals surface area contributed by atoms with Gasteiger partial charge in [0.25, 0.3) is 0 Å². The van der Waals surface area contributed by atoms with Crippen LogP contribution in [0, 0.1) is 12.7 Å². The maximum atomic E-state index is 13.2. The van der Waals surface area contributed by atoms with Gasteiger partial charge in [0.05, 0.1) is 12.2 Å². The first kappa shape index (κ1) is 16.9. The van der Waals surface area contributed by atoms with E-state index in [2.05, 4.69) is 20.6 Å². The molecule has 0 saturated carbocycles. The average Bonchev–Trinajstić information content (AvgIpc) is 2.54. The lowest BCUT2D eigenvalue weighted by molar-refractivity contribution is 0.625.